The maximum absolute atomic E-state index is 12.3. The number of hydrogen-bond donors (Lipinski definition) is 1. The Balaban J connectivity index is 1.50. The van der Waals surface area contributed by atoms with Gasteiger partial charge in [-0.25, -0.2) is 9.59 Å². The van der Waals surface area contributed by atoms with Crippen molar-refractivity contribution in [1.29, 1.82) is 0 Å². The average molecular weight is 481 g/mol. The molecule has 5 rings (SSSR count). The quantitative estimate of drug-likeness (QED) is 0.521. The van der Waals surface area contributed by atoms with E-state index in [2.05, 4.69) is 26.8 Å². The van der Waals surface area contributed by atoms with Gasteiger partial charge < -0.3 is 14.6 Å². The number of hydrogen-bond acceptors (Lipinski definition) is 5. The Bertz CT molecular complexity index is 1070. The first kappa shape index (κ1) is 24.5. The average Bonchev–Trinajstić information content (AvgIpc) is 2.88. The van der Waals surface area contributed by atoms with E-state index >= 15 is 0 Å². The summed E-state index contributed by atoms with van der Waals surface area (Å²) in [5.41, 5.74) is 3.65. The van der Waals surface area contributed by atoms with E-state index in [1.165, 1.54) is 17.2 Å². The topological polar surface area (TPSA) is 72.8 Å². The molecule has 0 spiro atoms. The fourth-order valence-corrected chi connectivity index (χ4v) is 8.29. The second kappa shape index (κ2) is 8.19. The van der Waals surface area contributed by atoms with E-state index in [9.17, 15) is 14.7 Å². The molecule has 7 atom stereocenters. The minimum atomic E-state index is -0.784. The van der Waals surface area contributed by atoms with Crippen molar-refractivity contribution in [2.24, 2.45) is 28.6 Å². The van der Waals surface area contributed by atoms with Crippen molar-refractivity contribution in [3.8, 4) is 0 Å². The molecular weight excluding hydrogens is 440 g/mol. The number of carbonyl (C=O) groups is 2. The summed E-state index contributed by atoms with van der Waals surface area (Å²) in [6.07, 6.45) is 12.5. The number of aliphatic hydroxyl groups is 1. The van der Waals surface area contributed by atoms with Crippen molar-refractivity contribution in [2.75, 3.05) is 0 Å². The van der Waals surface area contributed by atoms with E-state index in [1.54, 1.807) is 0 Å². The Kier molecular flexibility index (Phi) is 5.75. The molecule has 2 aliphatic heterocycles. The van der Waals surface area contributed by atoms with Crippen molar-refractivity contribution < 1.29 is 24.2 Å². The van der Waals surface area contributed by atoms with Crippen LogP contribution in [0, 0.1) is 28.6 Å². The number of cyclic esters (lactones) is 2. The van der Waals surface area contributed by atoms with Crippen LogP contribution in [0.5, 0.6) is 0 Å². The van der Waals surface area contributed by atoms with E-state index in [-0.39, 0.29) is 40.7 Å². The molecule has 35 heavy (non-hydrogen) atoms. The molecule has 0 aromatic carbocycles. The molecule has 0 aromatic heterocycles. The van der Waals surface area contributed by atoms with E-state index in [0.29, 0.717) is 17.9 Å². The van der Waals surface area contributed by atoms with Gasteiger partial charge in [-0.3, -0.25) is 0 Å². The minimum Gasteiger partial charge on any atom is -0.458 e. The molecule has 2 heterocycles. The van der Waals surface area contributed by atoms with E-state index in [1.807, 2.05) is 32.9 Å². The summed E-state index contributed by atoms with van der Waals surface area (Å²) in [6, 6.07) is 0. The molecule has 3 aliphatic carbocycles. The van der Waals surface area contributed by atoms with Crippen LogP contribution in [0.4, 0.5) is 0 Å². The lowest BCUT2D eigenvalue weighted by Crippen LogP contribution is -2.47. The van der Waals surface area contributed by atoms with Gasteiger partial charge in [-0.15, -0.1) is 0 Å². The number of esters is 2. The van der Waals surface area contributed by atoms with Crippen LogP contribution < -0.4 is 0 Å². The van der Waals surface area contributed by atoms with Gasteiger partial charge in [0.15, 0.2) is 0 Å². The maximum atomic E-state index is 12.3. The van der Waals surface area contributed by atoms with Crippen molar-refractivity contribution in [3.63, 3.8) is 0 Å². The van der Waals surface area contributed by atoms with Crippen LogP contribution in [0.2, 0.25) is 0 Å². The molecule has 0 bridgehead atoms. The Morgan fingerprint density at radius 2 is 1.86 bits per heavy atom. The van der Waals surface area contributed by atoms with Crippen LogP contribution in [-0.4, -0.2) is 34.9 Å². The highest BCUT2D eigenvalue weighted by molar-refractivity contribution is 5.88. The fourth-order valence-electron chi connectivity index (χ4n) is 8.29. The van der Waals surface area contributed by atoms with E-state index < -0.39 is 11.7 Å². The second-order valence-electron chi connectivity index (χ2n) is 12.6. The third-order valence-corrected chi connectivity index (χ3v) is 10.5. The Morgan fingerprint density at radius 1 is 1.11 bits per heavy atom. The number of allylic oxidation sites excluding steroid dienone is 3. The maximum Gasteiger partial charge on any atom is 0.333 e. The van der Waals surface area contributed by atoms with E-state index in [4.69, 9.17) is 9.47 Å². The summed E-state index contributed by atoms with van der Waals surface area (Å²) in [6.45, 7) is 12.7. The zero-order valence-corrected chi connectivity index (χ0v) is 22.0. The molecule has 1 unspecified atom stereocenters. The number of fused-ring (bicyclic) bond motifs is 3. The van der Waals surface area contributed by atoms with Crippen LogP contribution in [0.1, 0.15) is 80.1 Å². The molecule has 0 amide bonds. The Hall–Kier alpha value is -2.14. The van der Waals surface area contributed by atoms with Crippen LogP contribution in [-0.2, 0) is 19.1 Å². The standard InChI is InChI=1S/C30H40O5/c1-17-7-9-24(34-27(17)33)18(2)21-12-14-30(6)22-16-23(31)26-20(8-10-25(32)35-28(26,3)4)15-19(22)11-13-29(21,30)5/h7-8,10,15,18,21,23-24,26,31H,9,11-14,16H2,1-6H3/t18-,21+,23?,24-,26-,29+,30-/m0/s1. The smallest absolute Gasteiger partial charge is 0.333 e. The predicted octanol–water partition coefficient (Wildman–Crippen LogP) is 5.60. The van der Waals surface area contributed by atoms with Crippen LogP contribution in [0.25, 0.3) is 0 Å². The molecule has 5 aliphatic rings. The summed E-state index contributed by atoms with van der Waals surface area (Å²) in [7, 11) is 0. The minimum absolute atomic E-state index is 0.0317. The highest BCUT2D eigenvalue weighted by Gasteiger charge is 2.60. The number of carbonyl (C=O) groups excluding carboxylic acids is 2. The summed E-state index contributed by atoms with van der Waals surface area (Å²) in [4.78, 5) is 24.4. The SMILES string of the molecule is CC1=CC[C@@H]([C@@H](C)[C@H]2CC[C@@]3(C)C4=C(C=C5C=CC(=O)OC(C)(C)[C@@H]5C(O)C4)CC[C@]23C)OC1=O. The first-order valence-corrected chi connectivity index (χ1v) is 13.3. The monoisotopic (exact) mass is 480 g/mol. The van der Waals surface area contributed by atoms with Gasteiger partial charge >= 0.3 is 11.9 Å². The molecule has 5 heteroatoms. The van der Waals surface area contributed by atoms with E-state index in [0.717, 1.165) is 37.7 Å². The Labute approximate surface area is 209 Å². The predicted molar refractivity (Wildman–Crippen MR) is 134 cm³/mol. The van der Waals surface area contributed by atoms with Gasteiger partial charge in [0.1, 0.15) is 11.7 Å². The third kappa shape index (κ3) is 3.68. The summed E-state index contributed by atoms with van der Waals surface area (Å²) in [5, 5.41) is 11.6. The number of ether oxygens (including phenoxy) is 2. The van der Waals surface area contributed by atoms with Gasteiger partial charge in [0.25, 0.3) is 0 Å². The second-order valence-corrected chi connectivity index (χ2v) is 12.6. The first-order valence-electron chi connectivity index (χ1n) is 13.3. The molecule has 1 fully saturated rings. The fraction of sp³-hybridized carbons (Fsp3) is 0.667. The van der Waals surface area contributed by atoms with Crippen molar-refractivity contribution in [3.05, 3.63) is 46.6 Å². The molecule has 1 saturated carbocycles. The largest absolute Gasteiger partial charge is 0.458 e. The molecule has 0 aromatic rings. The van der Waals surface area contributed by atoms with Crippen LogP contribution in [0.15, 0.2) is 46.6 Å². The zero-order valence-electron chi connectivity index (χ0n) is 22.0. The first-order chi connectivity index (χ1) is 16.4. The molecular formula is C30H40O5. The van der Waals surface area contributed by atoms with Crippen molar-refractivity contribution >= 4 is 11.9 Å². The summed E-state index contributed by atoms with van der Waals surface area (Å²) >= 11 is 0. The number of aliphatic hydroxyl groups excluding tert-OH is 1. The lowest BCUT2D eigenvalue weighted by atomic mass is 9.52. The molecule has 5 nitrogen and oxygen atoms in total. The molecule has 0 radical (unpaired) electrons. The summed E-state index contributed by atoms with van der Waals surface area (Å²) in [5.74, 6) is -0.0742. The molecule has 190 valence electrons. The zero-order chi connectivity index (χ0) is 25.3. The van der Waals surface area contributed by atoms with Crippen LogP contribution in [0.3, 0.4) is 0 Å². The van der Waals surface area contributed by atoms with Crippen LogP contribution >= 0.6 is 0 Å². The number of rotatable bonds is 2. The molecule has 0 saturated heterocycles. The van der Waals surface area contributed by atoms with Crippen molar-refractivity contribution in [2.45, 2.75) is 97.9 Å². The van der Waals surface area contributed by atoms with Gasteiger partial charge in [0.2, 0.25) is 0 Å². The summed E-state index contributed by atoms with van der Waals surface area (Å²) < 4.78 is 11.6. The van der Waals surface area contributed by atoms with Gasteiger partial charge in [0.05, 0.1) is 6.10 Å². The Morgan fingerprint density at radius 3 is 2.57 bits per heavy atom. The highest BCUT2D eigenvalue weighted by atomic mass is 16.6. The lowest BCUT2D eigenvalue weighted by molar-refractivity contribution is -0.157. The normalized spacial score (nSPS) is 41.3. The van der Waals surface area contributed by atoms with Gasteiger partial charge in [-0.05, 0) is 86.7 Å². The van der Waals surface area contributed by atoms with Gasteiger partial charge in [-0.1, -0.05) is 44.6 Å². The molecule has 1 N–H and O–H groups in total. The third-order valence-electron chi connectivity index (χ3n) is 10.5. The highest BCUT2D eigenvalue weighted by Crippen LogP contribution is 2.68. The van der Waals surface area contributed by atoms with Gasteiger partial charge in [-0.2, -0.15) is 0 Å². The lowest BCUT2D eigenvalue weighted by Gasteiger charge is -2.52. The van der Waals surface area contributed by atoms with Gasteiger partial charge in [0, 0.05) is 24.0 Å². The van der Waals surface area contributed by atoms with Crippen molar-refractivity contribution in [1.82, 2.24) is 0 Å².